The predicted molar refractivity (Wildman–Crippen MR) is 112 cm³/mol. The lowest BCUT2D eigenvalue weighted by molar-refractivity contribution is 0.0436. The fourth-order valence-corrected chi connectivity index (χ4v) is 6.20. The molecule has 2 aliphatic heterocycles. The summed E-state index contributed by atoms with van der Waals surface area (Å²) in [6.45, 7) is 1.05. The number of hydrogen-bond donors (Lipinski definition) is 0. The number of nitrogens with zero attached hydrogens (tertiary/aromatic N) is 3. The number of sulfonamides is 1. The molecule has 2 bridgehead atoms. The molecule has 1 aromatic heterocycles. The molecule has 172 valence electrons. The van der Waals surface area contributed by atoms with Gasteiger partial charge in [0.2, 0.25) is 15.9 Å². The summed E-state index contributed by atoms with van der Waals surface area (Å²) in [5.41, 5.74) is 0. The lowest BCUT2D eigenvalue weighted by Crippen LogP contribution is -2.57. The highest BCUT2D eigenvalue weighted by molar-refractivity contribution is 7.89. The molecule has 4 rings (SSSR count). The van der Waals surface area contributed by atoms with Crippen LogP contribution in [-0.2, 0) is 19.5 Å². The van der Waals surface area contributed by atoms with Crippen molar-refractivity contribution in [3.63, 3.8) is 0 Å². The van der Waals surface area contributed by atoms with E-state index in [9.17, 15) is 13.2 Å². The zero-order valence-corrected chi connectivity index (χ0v) is 18.8. The first-order valence-electron chi connectivity index (χ1n) is 11.1. The molecule has 2 saturated heterocycles. The van der Waals surface area contributed by atoms with Gasteiger partial charge in [-0.15, -0.1) is 0 Å². The van der Waals surface area contributed by atoms with Crippen LogP contribution >= 0.6 is 0 Å². The lowest BCUT2D eigenvalue weighted by atomic mass is 9.98. The molecule has 0 radical (unpaired) electrons. The van der Waals surface area contributed by atoms with Crippen molar-refractivity contribution >= 4 is 16.1 Å². The molecule has 9 nitrogen and oxygen atoms in total. The molecule has 31 heavy (non-hydrogen) atoms. The van der Waals surface area contributed by atoms with Gasteiger partial charge < -0.3 is 14.2 Å². The van der Waals surface area contributed by atoms with Crippen molar-refractivity contribution in [1.29, 1.82) is 0 Å². The summed E-state index contributed by atoms with van der Waals surface area (Å²) >= 11 is 0. The van der Waals surface area contributed by atoms with Crippen molar-refractivity contribution in [1.82, 2.24) is 14.2 Å². The number of piperazine rings is 1. The third kappa shape index (κ3) is 4.96. The average molecular weight is 454 g/mol. The topological polar surface area (TPSA) is 98.3 Å². The molecule has 1 saturated carbocycles. The molecule has 1 aliphatic carbocycles. The number of amides is 1. The molecule has 3 fully saturated rings. The Balaban J connectivity index is 1.39. The second kappa shape index (κ2) is 9.70. The van der Waals surface area contributed by atoms with Gasteiger partial charge in [-0.1, -0.05) is 6.42 Å². The minimum Gasteiger partial charge on any atom is -0.474 e. The van der Waals surface area contributed by atoms with Crippen molar-refractivity contribution < 1.29 is 27.4 Å². The van der Waals surface area contributed by atoms with Crippen LogP contribution in [0.1, 0.15) is 44.9 Å². The summed E-state index contributed by atoms with van der Waals surface area (Å²) in [5.74, 6) is 0.467. The maximum Gasteiger partial charge on any atom is 0.410 e. The van der Waals surface area contributed by atoms with Crippen LogP contribution in [0, 0.1) is 0 Å². The molecular weight excluding hydrogens is 422 g/mol. The minimum absolute atomic E-state index is 0.152. The summed E-state index contributed by atoms with van der Waals surface area (Å²) in [6.07, 6.45) is 8.27. The van der Waals surface area contributed by atoms with Crippen LogP contribution in [0.5, 0.6) is 5.88 Å². The van der Waals surface area contributed by atoms with Crippen LogP contribution < -0.4 is 4.74 Å². The number of rotatable bonds is 7. The number of carbonyl (C=O) groups is 1. The first kappa shape index (κ1) is 22.3. The second-order valence-electron chi connectivity index (χ2n) is 8.43. The fraction of sp³-hybridized carbons (Fsp3) is 0.714. The third-order valence-corrected chi connectivity index (χ3v) is 8.17. The summed E-state index contributed by atoms with van der Waals surface area (Å²) in [7, 11) is -2.14. The van der Waals surface area contributed by atoms with Gasteiger partial charge in [-0.25, -0.2) is 18.2 Å². The highest BCUT2D eigenvalue weighted by atomic mass is 32.2. The molecule has 1 amide bonds. The van der Waals surface area contributed by atoms with Crippen molar-refractivity contribution in [3.05, 3.63) is 18.3 Å². The number of carbonyl (C=O) groups excluding carboxylic acids is 1. The number of ether oxygens (including phenoxy) is 3. The molecule has 10 heteroatoms. The van der Waals surface area contributed by atoms with E-state index in [4.69, 9.17) is 14.2 Å². The van der Waals surface area contributed by atoms with E-state index < -0.39 is 16.1 Å². The van der Waals surface area contributed by atoms with Gasteiger partial charge in [0, 0.05) is 38.3 Å². The molecule has 3 aliphatic rings. The normalized spacial score (nSPS) is 24.9. The largest absolute Gasteiger partial charge is 0.474 e. The molecule has 3 heterocycles. The van der Waals surface area contributed by atoms with E-state index >= 15 is 0 Å². The van der Waals surface area contributed by atoms with Gasteiger partial charge in [0.05, 0.1) is 12.8 Å². The Labute approximate surface area is 183 Å². The van der Waals surface area contributed by atoms with E-state index in [1.54, 1.807) is 24.1 Å². The second-order valence-corrected chi connectivity index (χ2v) is 10.4. The molecule has 0 N–H and O–H groups in total. The molecule has 1 aromatic rings. The Morgan fingerprint density at radius 2 is 1.77 bits per heavy atom. The minimum atomic E-state index is -3.69. The van der Waals surface area contributed by atoms with Gasteiger partial charge in [-0.3, -0.25) is 4.90 Å². The molecule has 0 unspecified atom stereocenters. The van der Waals surface area contributed by atoms with Crippen LogP contribution in [0.15, 0.2) is 23.2 Å². The SMILES string of the molecule is COCCOC(=O)N1[C@@H]2CC[C@H]1CN(S(=O)(=O)c1ccc(OC3CCCCC3)nc1)C2. The van der Waals surface area contributed by atoms with Gasteiger partial charge in [0.1, 0.15) is 17.6 Å². The van der Waals surface area contributed by atoms with Crippen LogP contribution in [0.2, 0.25) is 0 Å². The number of fused-ring (bicyclic) bond motifs is 2. The standard InChI is InChI=1S/C21H31N3O6S/c1-28-11-12-29-21(25)24-16-7-8-17(24)15-23(14-16)31(26,27)19-9-10-20(22-13-19)30-18-5-3-2-4-6-18/h9-10,13,16-18H,2-8,11-12,14-15H2,1H3/t16-,17+. The molecular formula is C21H31N3O6S. The van der Waals surface area contributed by atoms with Crippen molar-refractivity contribution in [2.75, 3.05) is 33.4 Å². The van der Waals surface area contributed by atoms with E-state index in [1.807, 2.05) is 0 Å². The van der Waals surface area contributed by atoms with E-state index in [1.165, 1.54) is 16.9 Å². The van der Waals surface area contributed by atoms with Crippen LogP contribution in [0.25, 0.3) is 0 Å². The van der Waals surface area contributed by atoms with Crippen LogP contribution in [0.3, 0.4) is 0 Å². The zero-order valence-electron chi connectivity index (χ0n) is 17.9. The van der Waals surface area contributed by atoms with Gasteiger partial charge >= 0.3 is 6.09 Å². The van der Waals surface area contributed by atoms with Gasteiger partial charge in [-0.2, -0.15) is 4.31 Å². The number of aromatic nitrogens is 1. The van der Waals surface area contributed by atoms with E-state index in [0.29, 0.717) is 12.5 Å². The quantitative estimate of drug-likeness (QED) is 0.585. The Morgan fingerprint density at radius 3 is 2.39 bits per heavy atom. The van der Waals surface area contributed by atoms with Crippen molar-refractivity contribution in [2.45, 2.75) is 68.0 Å². The monoisotopic (exact) mass is 453 g/mol. The predicted octanol–water partition coefficient (Wildman–Crippen LogP) is 2.41. The van der Waals surface area contributed by atoms with Crippen LogP contribution in [0.4, 0.5) is 4.79 Å². The van der Waals surface area contributed by atoms with Gasteiger partial charge in [0.25, 0.3) is 0 Å². The smallest absolute Gasteiger partial charge is 0.410 e. The first-order chi connectivity index (χ1) is 15.0. The maximum atomic E-state index is 13.2. The summed E-state index contributed by atoms with van der Waals surface area (Å²) in [4.78, 5) is 18.5. The maximum absolute atomic E-state index is 13.2. The third-order valence-electron chi connectivity index (χ3n) is 6.36. The van der Waals surface area contributed by atoms with Crippen molar-refractivity contribution in [3.8, 4) is 5.88 Å². The van der Waals surface area contributed by atoms with Gasteiger partial charge in [-0.05, 0) is 44.6 Å². The number of hydrogen-bond acceptors (Lipinski definition) is 7. The fourth-order valence-electron chi connectivity index (χ4n) is 4.74. The average Bonchev–Trinajstić information content (AvgIpc) is 3.04. The van der Waals surface area contributed by atoms with Crippen LogP contribution in [-0.4, -0.2) is 80.3 Å². The summed E-state index contributed by atoms with van der Waals surface area (Å²) < 4.78 is 43.9. The molecule has 2 atom stereocenters. The molecule has 0 spiro atoms. The van der Waals surface area contributed by atoms with Gasteiger partial charge in [0.15, 0.2) is 0 Å². The zero-order chi connectivity index (χ0) is 21.8. The van der Waals surface area contributed by atoms with E-state index in [2.05, 4.69) is 4.98 Å². The molecule has 0 aromatic carbocycles. The van der Waals surface area contributed by atoms with E-state index in [-0.39, 0.29) is 42.8 Å². The first-order valence-corrected chi connectivity index (χ1v) is 12.5. The van der Waals surface area contributed by atoms with Crippen molar-refractivity contribution in [2.24, 2.45) is 0 Å². The highest BCUT2D eigenvalue weighted by Gasteiger charge is 2.46. The number of methoxy groups -OCH3 is 1. The lowest BCUT2D eigenvalue weighted by Gasteiger charge is -2.39. The Kier molecular flexibility index (Phi) is 6.98. The Morgan fingerprint density at radius 1 is 1.06 bits per heavy atom. The van der Waals surface area contributed by atoms with E-state index in [0.717, 1.165) is 38.5 Å². The summed E-state index contributed by atoms with van der Waals surface area (Å²) in [5, 5.41) is 0. The Bertz CT molecular complexity index is 842. The highest BCUT2D eigenvalue weighted by Crippen LogP contribution is 2.33. The number of pyridine rings is 1. The Hall–Kier alpha value is -1.91. The summed E-state index contributed by atoms with van der Waals surface area (Å²) in [6, 6.07) is 2.85.